The Kier molecular flexibility index (Phi) is 19.0. The molecular weight excluding hydrogens is 1240 g/mol. The van der Waals surface area contributed by atoms with E-state index >= 15 is 0 Å². The number of rotatable bonds is 20. The maximum atomic E-state index is 14.3. The number of benzene rings is 14. The second kappa shape index (κ2) is 29.0. The predicted octanol–water partition coefficient (Wildman–Crippen LogP) is 23.5. The average Bonchev–Trinajstić information content (AvgIpc) is 1.09. The molecule has 0 saturated heterocycles. The lowest BCUT2D eigenvalue weighted by atomic mass is 9.80. The van der Waals surface area contributed by atoms with Crippen LogP contribution < -0.4 is 0 Å². The van der Waals surface area contributed by atoms with Crippen LogP contribution in [0.2, 0.25) is 0 Å². The molecule has 0 bridgehead atoms. The molecule has 0 atom stereocenters. The van der Waals surface area contributed by atoms with E-state index in [4.69, 9.17) is 0 Å². The molecule has 99 heavy (non-hydrogen) atoms. The van der Waals surface area contributed by atoms with Crippen LogP contribution >= 0.6 is 0 Å². The van der Waals surface area contributed by atoms with E-state index in [0.29, 0.717) is 0 Å². The molecule has 14 aromatic rings. The highest BCUT2D eigenvalue weighted by molar-refractivity contribution is 5.55. The lowest BCUT2D eigenvalue weighted by molar-refractivity contribution is 0.625. The minimum Gasteiger partial charge on any atom is -0.207 e. The molecule has 14 aromatic carbocycles. The van der Waals surface area contributed by atoms with E-state index < -0.39 is 0 Å². The van der Waals surface area contributed by atoms with E-state index in [1.807, 2.05) is 0 Å². The second-order valence-corrected chi connectivity index (χ2v) is 25.2. The van der Waals surface area contributed by atoms with Gasteiger partial charge in [-0.15, -0.1) is 0 Å². The van der Waals surface area contributed by atoms with Crippen molar-refractivity contribution < 1.29 is 35.1 Å². The molecule has 0 aromatic heterocycles. The lowest BCUT2D eigenvalue weighted by Gasteiger charge is -2.23. The van der Waals surface area contributed by atoms with Crippen LogP contribution in [-0.2, 0) is 0 Å². The molecule has 0 nitrogen and oxygen atoms in total. The van der Waals surface area contributed by atoms with Crippen molar-refractivity contribution in [3.05, 3.63) is 504 Å². The summed E-state index contributed by atoms with van der Waals surface area (Å²) in [6.45, 7) is 0. The topological polar surface area (TPSA) is 0 Å². The zero-order valence-corrected chi connectivity index (χ0v) is 53.4. The fourth-order valence-electron chi connectivity index (χ4n) is 14.0. The van der Waals surface area contributed by atoms with Gasteiger partial charge in [0.1, 0.15) is 46.5 Å². The number of halogens is 8. The fourth-order valence-corrected chi connectivity index (χ4v) is 14.0. The van der Waals surface area contributed by atoms with Crippen molar-refractivity contribution in [3.8, 4) is 0 Å². The first-order chi connectivity index (χ1) is 48.3. The Morgan fingerprint density at radius 1 is 0.121 bits per heavy atom. The summed E-state index contributed by atoms with van der Waals surface area (Å²) in [5, 5.41) is 0. The molecule has 0 aliphatic rings. The van der Waals surface area contributed by atoms with Gasteiger partial charge in [0.05, 0.1) is 11.1 Å². The minimum atomic E-state index is -0.353. The zero-order valence-electron chi connectivity index (χ0n) is 53.4. The first-order valence-electron chi connectivity index (χ1n) is 32.8. The van der Waals surface area contributed by atoms with Gasteiger partial charge in [-0.2, -0.15) is 0 Å². The largest absolute Gasteiger partial charge is 0.207 e. The molecule has 0 fully saturated rings. The highest BCUT2D eigenvalue weighted by Gasteiger charge is 2.27. The lowest BCUT2D eigenvalue weighted by Crippen LogP contribution is -2.08. The quantitative estimate of drug-likeness (QED) is 0.0405. The van der Waals surface area contributed by atoms with E-state index in [2.05, 4.69) is 152 Å². The average molecular weight is 1310 g/mol. The van der Waals surface area contributed by atoms with Crippen molar-refractivity contribution in [1.82, 2.24) is 0 Å². The minimum absolute atomic E-state index is 0.264. The summed E-state index contributed by atoms with van der Waals surface area (Å²) in [6, 6.07) is 102. The van der Waals surface area contributed by atoms with Crippen molar-refractivity contribution in [2.45, 2.75) is 35.5 Å². The third-order valence-electron chi connectivity index (χ3n) is 18.9. The molecule has 0 aliphatic carbocycles. The number of hydrogen-bond acceptors (Lipinski definition) is 0. The fraction of sp³-hybridized carbons (Fsp3) is 0.0659. The number of hydrogen-bond donors (Lipinski definition) is 0. The highest BCUT2D eigenvalue weighted by atomic mass is 19.2. The van der Waals surface area contributed by atoms with Crippen LogP contribution in [0.5, 0.6) is 0 Å². The molecule has 482 valence electrons. The molecule has 8 heteroatoms. The van der Waals surface area contributed by atoms with Gasteiger partial charge < -0.3 is 0 Å². The molecule has 0 aliphatic heterocycles. The Balaban J connectivity index is 0.795. The Morgan fingerprint density at radius 3 is 0.303 bits per heavy atom. The Labute approximate surface area is 571 Å². The van der Waals surface area contributed by atoms with Crippen molar-refractivity contribution >= 4 is 0 Å². The molecule has 0 heterocycles. The maximum Gasteiger partial charge on any atom is 0.123 e. The van der Waals surface area contributed by atoms with E-state index in [1.165, 1.54) is 97.1 Å². The van der Waals surface area contributed by atoms with Gasteiger partial charge in [-0.25, -0.2) is 35.1 Å². The molecule has 0 spiro atoms. The highest BCUT2D eigenvalue weighted by Crippen LogP contribution is 2.42. The molecule has 14 rings (SSSR count). The maximum absolute atomic E-state index is 14.3. The van der Waals surface area contributed by atoms with E-state index in [-0.39, 0.29) is 82.0 Å². The third kappa shape index (κ3) is 14.7. The van der Waals surface area contributed by atoms with Gasteiger partial charge in [-0.1, -0.05) is 194 Å². The van der Waals surface area contributed by atoms with Gasteiger partial charge in [-0.05, 0) is 221 Å². The van der Waals surface area contributed by atoms with Crippen molar-refractivity contribution in [1.29, 1.82) is 0 Å². The molecule has 0 radical (unpaired) electrons. The Hall–Kier alpha value is -11.6. The van der Waals surface area contributed by atoms with Gasteiger partial charge in [0.2, 0.25) is 0 Å². The molecule has 0 unspecified atom stereocenters. The SMILES string of the molecule is Fc1ccc(C(c2ccc(F)cc2)c2ccc(C(c3ccc([CH+]c4ccc(C(c5ccc(C(c6ccc(F)cc6)c6ccc(F)cc6)cc5)c5ccc(C(c6ccc(F)cc6)c6ccc(F)cc6)cc5)cc4)cc3)c3ccc(C(c4ccc(F)cc4)c4ccc(F)cc4)cc3)cc2)cc1. The summed E-state index contributed by atoms with van der Waals surface area (Å²) in [5.74, 6) is -4.60. The zero-order chi connectivity index (χ0) is 67.9. The molecule has 0 saturated carbocycles. The van der Waals surface area contributed by atoms with Gasteiger partial charge in [0.15, 0.2) is 0 Å². The monoisotopic (exact) mass is 1310 g/mol. The second-order valence-electron chi connectivity index (χ2n) is 25.2. The molecule has 0 N–H and O–H groups in total. The van der Waals surface area contributed by atoms with Crippen LogP contribution in [0.25, 0.3) is 0 Å². The summed E-state index contributed by atoms with van der Waals surface area (Å²) >= 11 is 0. The standard InChI is InChI=1S/C91H63F8/c92-78-41-25-70(26-42-78)88(71-27-43-79(93)44-28-71)66-17-9-62(10-18-66)86(63-11-19-67(20-12-63)89(72-29-45-80(94)46-30-72)73-31-47-81(95)48-32-73)60-5-1-58(2-6-60)57-59-3-7-61(8-4-59)87(64-13-21-68(22-14-64)90(74-33-49-82(96)50-34-74)75-35-51-83(97)52-36-75)65-15-23-69(24-16-65)91(76-37-53-84(98)54-38-76)77-39-55-85(99)56-40-77/h1-57,86-91H/q+1. The summed E-state index contributed by atoms with van der Waals surface area (Å²) in [7, 11) is 0. The summed E-state index contributed by atoms with van der Waals surface area (Å²) in [4.78, 5) is 0. The van der Waals surface area contributed by atoms with Gasteiger partial charge in [0, 0.05) is 66.2 Å². The van der Waals surface area contributed by atoms with Crippen LogP contribution in [0.1, 0.15) is 147 Å². The van der Waals surface area contributed by atoms with Crippen LogP contribution in [-0.4, -0.2) is 0 Å². The van der Waals surface area contributed by atoms with E-state index in [0.717, 1.165) is 111 Å². The predicted molar refractivity (Wildman–Crippen MR) is 378 cm³/mol. The molecule has 0 amide bonds. The smallest absolute Gasteiger partial charge is 0.123 e. The first-order valence-corrected chi connectivity index (χ1v) is 32.8. The third-order valence-corrected chi connectivity index (χ3v) is 18.9. The van der Waals surface area contributed by atoms with Crippen molar-refractivity contribution in [2.75, 3.05) is 0 Å². The van der Waals surface area contributed by atoms with E-state index in [9.17, 15) is 35.1 Å². The van der Waals surface area contributed by atoms with Crippen LogP contribution in [0.3, 0.4) is 0 Å². The summed E-state index contributed by atoms with van der Waals surface area (Å²) in [6.07, 6.45) is 2.14. The normalized spacial score (nSPS) is 11.6. The first kappa shape index (κ1) is 64.7. The van der Waals surface area contributed by atoms with Gasteiger partial charge in [0.25, 0.3) is 0 Å². The van der Waals surface area contributed by atoms with Crippen LogP contribution in [0.15, 0.2) is 340 Å². The van der Waals surface area contributed by atoms with Gasteiger partial charge in [-0.3, -0.25) is 0 Å². The van der Waals surface area contributed by atoms with E-state index in [1.54, 1.807) is 97.1 Å². The van der Waals surface area contributed by atoms with Crippen molar-refractivity contribution in [2.24, 2.45) is 0 Å². The Bertz CT molecular complexity index is 4190. The van der Waals surface area contributed by atoms with Gasteiger partial charge >= 0.3 is 0 Å². The Morgan fingerprint density at radius 2 is 0.202 bits per heavy atom. The van der Waals surface area contributed by atoms with Crippen molar-refractivity contribution in [3.63, 3.8) is 0 Å². The van der Waals surface area contributed by atoms with Crippen LogP contribution in [0.4, 0.5) is 35.1 Å². The summed E-state index contributed by atoms with van der Waals surface area (Å²) < 4.78 is 115. The van der Waals surface area contributed by atoms with Crippen LogP contribution in [0, 0.1) is 53.0 Å². The summed E-state index contributed by atoms with van der Waals surface area (Å²) in [5.41, 5.74) is 18.6. The molecular formula is C91H63F8+.